The van der Waals surface area contributed by atoms with Gasteiger partial charge >= 0.3 is 6.09 Å². The molecular formula is C29H38ClN7O3. The van der Waals surface area contributed by atoms with Crippen LogP contribution in [0, 0.1) is 17.2 Å². The number of benzene rings is 1. The lowest BCUT2D eigenvalue weighted by Gasteiger charge is -2.35. The van der Waals surface area contributed by atoms with Gasteiger partial charge in [-0.1, -0.05) is 63.3 Å². The number of ether oxygens (including phenoxy) is 2. The third-order valence-electron chi connectivity index (χ3n) is 8.10. The maximum absolute atomic E-state index is 11.4. The van der Waals surface area contributed by atoms with Gasteiger partial charge in [0.2, 0.25) is 11.8 Å². The van der Waals surface area contributed by atoms with Gasteiger partial charge in [-0.15, -0.1) is 0 Å². The summed E-state index contributed by atoms with van der Waals surface area (Å²) in [6, 6.07) is 7.42. The number of anilines is 1. The first kappa shape index (κ1) is 28.3. The van der Waals surface area contributed by atoms with E-state index in [0.29, 0.717) is 28.9 Å². The number of aromatic nitrogens is 4. The molecule has 2 aliphatic rings. The zero-order valence-electron chi connectivity index (χ0n) is 23.2. The van der Waals surface area contributed by atoms with Crippen molar-refractivity contribution >= 4 is 40.7 Å². The maximum Gasteiger partial charge on any atom is 0.411 e. The van der Waals surface area contributed by atoms with Crippen molar-refractivity contribution in [2.75, 3.05) is 24.6 Å². The second-order valence-corrected chi connectivity index (χ2v) is 11.3. The van der Waals surface area contributed by atoms with Gasteiger partial charge < -0.3 is 24.7 Å². The molecule has 3 aromatic rings. The molecule has 1 saturated heterocycles. The quantitative estimate of drug-likeness (QED) is 0.260. The van der Waals surface area contributed by atoms with Gasteiger partial charge in [-0.05, 0) is 43.2 Å². The predicted octanol–water partition coefficient (Wildman–Crippen LogP) is 5.79. The second-order valence-electron chi connectivity index (χ2n) is 10.9. The molecule has 0 spiro atoms. The highest BCUT2D eigenvalue weighted by Crippen LogP contribution is 2.36. The minimum atomic E-state index is -1.10. The number of amides is 1. The Labute approximate surface area is 239 Å². The van der Waals surface area contributed by atoms with E-state index in [2.05, 4.69) is 28.3 Å². The molecule has 1 aliphatic carbocycles. The Morgan fingerprint density at radius 3 is 2.65 bits per heavy atom. The average Bonchev–Trinajstić information content (AvgIpc) is 3.31. The predicted molar refractivity (Wildman–Crippen MR) is 156 cm³/mol. The molecule has 1 atom stereocenters. The molecule has 11 heteroatoms. The SMILES string of the molecule is CCCC1CN(c2nc3nc(C(=N)OC(N)=O)nc(-c4cccc(Cl)c4)c3n2CC2CCC(CC)CC2)CCO1. The number of carbonyl (C=O) groups excluding carboxylic acids is 1. The van der Waals surface area contributed by atoms with Crippen molar-refractivity contribution < 1.29 is 14.3 Å². The number of nitrogens with two attached hydrogens (primary N) is 1. The molecule has 3 heterocycles. The van der Waals surface area contributed by atoms with E-state index in [4.69, 9.17) is 42.2 Å². The van der Waals surface area contributed by atoms with E-state index >= 15 is 0 Å². The highest BCUT2D eigenvalue weighted by Gasteiger charge is 2.30. The summed E-state index contributed by atoms with van der Waals surface area (Å²) in [4.78, 5) is 28.0. The van der Waals surface area contributed by atoms with Crippen LogP contribution in [-0.2, 0) is 16.0 Å². The summed E-state index contributed by atoms with van der Waals surface area (Å²) in [6.45, 7) is 7.34. The number of morpholine rings is 1. The van der Waals surface area contributed by atoms with E-state index in [1.807, 2.05) is 18.2 Å². The largest absolute Gasteiger partial charge is 0.411 e. The van der Waals surface area contributed by atoms with Gasteiger partial charge in [0.25, 0.3) is 5.90 Å². The number of halogens is 1. The topological polar surface area (TPSA) is 132 Å². The summed E-state index contributed by atoms with van der Waals surface area (Å²) in [5.41, 5.74) is 7.75. The number of primary amides is 1. The van der Waals surface area contributed by atoms with Crippen LogP contribution in [0.15, 0.2) is 24.3 Å². The minimum Gasteiger partial charge on any atom is -0.388 e. The average molecular weight is 568 g/mol. The molecule has 2 aromatic heterocycles. The first-order chi connectivity index (χ1) is 19.4. The molecule has 2 fully saturated rings. The summed E-state index contributed by atoms with van der Waals surface area (Å²) in [5, 5.41) is 8.84. The molecule has 1 saturated carbocycles. The van der Waals surface area contributed by atoms with Crippen LogP contribution in [-0.4, -0.2) is 57.3 Å². The number of fused-ring (bicyclic) bond motifs is 1. The zero-order chi connectivity index (χ0) is 28.2. The Bertz CT molecular complexity index is 1370. The van der Waals surface area contributed by atoms with Crippen LogP contribution in [0.4, 0.5) is 10.7 Å². The van der Waals surface area contributed by atoms with Crippen LogP contribution in [0.2, 0.25) is 5.02 Å². The minimum absolute atomic E-state index is 0.0632. The van der Waals surface area contributed by atoms with Crippen LogP contribution in [0.5, 0.6) is 0 Å². The molecular weight excluding hydrogens is 530 g/mol. The smallest absolute Gasteiger partial charge is 0.388 e. The van der Waals surface area contributed by atoms with Gasteiger partial charge in [0.15, 0.2) is 5.65 Å². The van der Waals surface area contributed by atoms with Crippen molar-refractivity contribution in [1.82, 2.24) is 19.5 Å². The van der Waals surface area contributed by atoms with Gasteiger partial charge in [0.1, 0.15) is 11.2 Å². The second kappa shape index (κ2) is 12.5. The normalized spacial score (nSPS) is 21.5. The van der Waals surface area contributed by atoms with Crippen molar-refractivity contribution in [2.24, 2.45) is 17.6 Å². The van der Waals surface area contributed by atoms with E-state index < -0.39 is 12.0 Å². The molecule has 1 aromatic carbocycles. The summed E-state index contributed by atoms with van der Waals surface area (Å²) in [7, 11) is 0. The van der Waals surface area contributed by atoms with E-state index in [0.717, 1.165) is 55.4 Å². The number of carbonyl (C=O) groups is 1. The number of rotatable bonds is 8. The van der Waals surface area contributed by atoms with E-state index in [1.54, 1.807) is 6.07 Å². The first-order valence-electron chi connectivity index (χ1n) is 14.3. The van der Waals surface area contributed by atoms with E-state index in [9.17, 15) is 4.79 Å². The molecule has 5 rings (SSSR count). The van der Waals surface area contributed by atoms with E-state index in [1.165, 1.54) is 32.1 Å². The standard InChI is InChI=1S/C29H38ClN7O3/c1-3-6-22-17-36(13-14-39-22)29-35-26-24(37(29)16-19-11-9-18(4-2)10-12-19)23(20-7-5-8-21(30)15-20)33-27(34-26)25(31)40-28(32)38/h5,7-8,15,18-19,22,31H,3-4,6,9-14,16-17H2,1-2H3,(H2,32,38). The maximum atomic E-state index is 11.4. The Morgan fingerprint density at radius 1 is 1.18 bits per heavy atom. The van der Waals surface area contributed by atoms with Crippen LogP contribution >= 0.6 is 11.6 Å². The first-order valence-corrected chi connectivity index (χ1v) is 14.7. The van der Waals surface area contributed by atoms with Crippen molar-refractivity contribution in [3.8, 4) is 11.3 Å². The molecule has 40 heavy (non-hydrogen) atoms. The Hall–Kier alpha value is -3.24. The van der Waals surface area contributed by atoms with Crippen molar-refractivity contribution in [2.45, 2.75) is 71.4 Å². The van der Waals surface area contributed by atoms with Gasteiger partial charge in [0, 0.05) is 30.2 Å². The number of imidazole rings is 1. The summed E-state index contributed by atoms with van der Waals surface area (Å²) >= 11 is 6.40. The molecule has 0 bridgehead atoms. The van der Waals surface area contributed by atoms with Gasteiger partial charge in [-0.25, -0.2) is 14.8 Å². The van der Waals surface area contributed by atoms with Crippen molar-refractivity contribution in [3.05, 3.63) is 35.1 Å². The molecule has 10 nitrogen and oxygen atoms in total. The number of hydrogen-bond donors (Lipinski definition) is 2. The lowest BCUT2D eigenvalue weighted by atomic mass is 9.81. The summed E-state index contributed by atoms with van der Waals surface area (Å²) in [6.07, 6.45) is 7.12. The number of nitrogens with zero attached hydrogens (tertiary/aromatic N) is 5. The lowest BCUT2D eigenvalue weighted by Crippen LogP contribution is -2.43. The third-order valence-corrected chi connectivity index (χ3v) is 8.34. The summed E-state index contributed by atoms with van der Waals surface area (Å²) in [5.74, 6) is 1.55. The van der Waals surface area contributed by atoms with Gasteiger partial charge in [-0.3, -0.25) is 5.41 Å². The van der Waals surface area contributed by atoms with Crippen molar-refractivity contribution in [1.29, 1.82) is 5.41 Å². The fraction of sp³-hybridized carbons (Fsp3) is 0.552. The van der Waals surface area contributed by atoms with Crippen LogP contribution in [0.25, 0.3) is 22.4 Å². The number of hydrogen-bond acceptors (Lipinski definition) is 8. The van der Waals surface area contributed by atoms with Crippen LogP contribution < -0.4 is 10.6 Å². The van der Waals surface area contributed by atoms with Gasteiger partial charge in [-0.2, -0.15) is 4.98 Å². The molecule has 214 valence electrons. The van der Waals surface area contributed by atoms with Crippen LogP contribution in [0.3, 0.4) is 0 Å². The van der Waals surface area contributed by atoms with Gasteiger partial charge in [0.05, 0.1) is 12.7 Å². The fourth-order valence-corrected chi connectivity index (χ4v) is 6.19. The van der Waals surface area contributed by atoms with Crippen LogP contribution in [0.1, 0.15) is 64.6 Å². The zero-order valence-corrected chi connectivity index (χ0v) is 24.0. The molecule has 1 aliphatic heterocycles. The molecule has 1 unspecified atom stereocenters. The highest BCUT2D eigenvalue weighted by molar-refractivity contribution is 6.30. The highest BCUT2D eigenvalue weighted by atomic mass is 35.5. The Morgan fingerprint density at radius 2 is 1.95 bits per heavy atom. The fourth-order valence-electron chi connectivity index (χ4n) is 6.00. The number of nitrogens with one attached hydrogen (secondary N) is 1. The molecule has 3 N–H and O–H groups in total. The molecule has 1 amide bonds. The lowest BCUT2D eigenvalue weighted by molar-refractivity contribution is 0.0340. The third kappa shape index (κ3) is 6.23. The Balaban J connectivity index is 1.66. The monoisotopic (exact) mass is 567 g/mol. The Kier molecular flexibility index (Phi) is 8.85. The van der Waals surface area contributed by atoms with Crippen molar-refractivity contribution in [3.63, 3.8) is 0 Å². The summed E-state index contributed by atoms with van der Waals surface area (Å²) < 4.78 is 13.2. The molecule has 0 radical (unpaired) electrons. The van der Waals surface area contributed by atoms with E-state index in [-0.39, 0.29) is 11.9 Å².